The van der Waals surface area contributed by atoms with Crippen LogP contribution in [0.2, 0.25) is 0 Å². The van der Waals surface area contributed by atoms with E-state index >= 15 is 0 Å². The van der Waals surface area contributed by atoms with E-state index in [1.807, 2.05) is 20.8 Å². The first-order valence-electron chi connectivity index (χ1n) is 8.15. The van der Waals surface area contributed by atoms with Crippen LogP contribution in [0.5, 0.6) is 0 Å². The van der Waals surface area contributed by atoms with Crippen molar-refractivity contribution in [2.24, 2.45) is 0 Å². The number of fused-ring (bicyclic) bond motifs is 1. The molecule has 2 aromatic heterocycles. The van der Waals surface area contributed by atoms with E-state index in [0.29, 0.717) is 24.0 Å². The second-order valence-electron chi connectivity index (χ2n) is 7.12. The predicted octanol–water partition coefficient (Wildman–Crippen LogP) is 2.43. The maximum Gasteiger partial charge on any atom is 0.410 e. The van der Waals surface area contributed by atoms with Crippen LogP contribution in [0.4, 0.5) is 4.79 Å². The SMILES string of the molecule is CC(C)(C)OC(=O)N1CCCC(c2cc3c(=O)[nH]cnc3cn2)C1. The van der Waals surface area contributed by atoms with E-state index in [1.165, 1.54) is 6.33 Å². The first kappa shape index (κ1) is 16.4. The molecule has 2 aromatic rings. The fraction of sp³-hybridized carbons (Fsp3) is 0.529. The van der Waals surface area contributed by atoms with Crippen molar-refractivity contribution in [3.63, 3.8) is 0 Å². The lowest BCUT2D eigenvalue weighted by Crippen LogP contribution is -2.42. The van der Waals surface area contributed by atoms with Crippen LogP contribution in [0.15, 0.2) is 23.4 Å². The first-order chi connectivity index (χ1) is 11.3. The smallest absolute Gasteiger partial charge is 0.410 e. The molecule has 3 heterocycles. The van der Waals surface area contributed by atoms with Crippen LogP contribution in [0.1, 0.15) is 45.2 Å². The Morgan fingerprint density at radius 3 is 2.92 bits per heavy atom. The van der Waals surface area contributed by atoms with Crippen LogP contribution in [-0.4, -0.2) is 44.6 Å². The number of carbonyl (C=O) groups is 1. The molecule has 128 valence electrons. The zero-order valence-electron chi connectivity index (χ0n) is 14.2. The summed E-state index contributed by atoms with van der Waals surface area (Å²) in [6.07, 6.45) is 4.50. The Kier molecular flexibility index (Phi) is 4.26. The molecule has 0 saturated carbocycles. The highest BCUT2D eigenvalue weighted by Gasteiger charge is 2.29. The summed E-state index contributed by atoms with van der Waals surface area (Å²) in [7, 11) is 0. The highest BCUT2D eigenvalue weighted by atomic mass is 16.6. The number of piperidine rings is 1. The monoisotopic (exact) mass is 330 g/mol. The number of hydrogen-bond acceptors (Lipinski definition) is 5. The molecule has 1 N–H and O–H groups in total. The van der Waals surface area contributed by atoms with Gasteiger partial charge in [0, 0.05) is 24.7 Å². The van der Waals surface area contributed by atoms with E-state index in [2.05, 4.69) is 15.0 Å². The molecule has 1 saturated heterocycles. The van der Waals surface area contributed by atoms with Crippen LogP contribution < -0.4 is 5.56 Å². The van der Waals surface area contributed by atoms with Crippen molar-refractivity contribution in [2.45, 2.75) is 45.1 Å². The number of hydrogen-bond donors (Lipinski definition) is 1. The molecule has 7 heteroatoms. The lowest BCUT2D eigenvalue weighted by atomic mass is 9.94. The van der Waals surface area contributed by atoms with E-state index in [1.54, 1.807) is 17.2 Å². The highest BCUT2D eigenvalue weighted by molar-refractivity contribution is 5.76. The molecular formula is C17H22N4O3. The minimum absolute atomic E-state index is 0.0928. The van der Waals surface area contributed by atoms with Gasteiger partial charge in [0.15, 0.2) is 0 Å². The van der Waals surface area contributed by atoms with Gasteiger partial charge in [0.05, 0.1) is 23.4 Å². The fourth-order valence-corrected chi connectivity index (χ4v) is 2.92. The van der Waals surface area contributed by atoms with Crippen molar-refractivity contribution in [1.82, 2.24) is 19.9 Å². The van der Waals surface area contributed by atoms with Gasteiger partial charge in [-0.1, -0.05) is 0 Å². The third-order valence-electron chi connectivity index (χ3n) is 4.04. The summed E-state index contributed by atoms with van der Waals surface area (Å²) in [5.41, 5.74) is 0.699. The molecule has 1 atom stereocenters. The van der Waals surface area contributed by atoms with E-state index in [-0.39, 0.29) is 17.6 Å². The van der Waals surface area contributed by atoms with Crippen molar-refractivity contribution >= 4 is 17.0 Å². The number of H-pyrrole nitrogens is 1. The summed E-state index contributed by atoms with van der Waals surface area (Å²) in [5, 5.41) is 0.525. The molecule has 1 unspecified atom stereocenters. The lowest BCUT2D eigenvalue weighted by molar-refractivity contribution is 0.0197. The van der Waals surface area contributed by atoms with Crippen molar-refractivity contribution in [3.8, 4) is 0 Å². The molecule has 1 aliphatic rings. The minimum atomic E-state index is -0.510. The summed E-state index contributed by atoms with van der Waals surface area (Å²) in [6, 6.07) is 1.78. The predicted molar refractivity (Wildman–Crippen MR) is 89.9 cm³/mol. The number of amides is 1. The van der Waals surface area contributed by atoms with Gasteiger partial charge in [0.2, 0.25) is 0 Å². The molecule has 1 fully saturated rings. The molecule has 7 nitrogen and oxygen atoms in total. The number of aromatic nitrogens is 3. The van der Waals surface area contributed by atoms with Crippen molar-refractivity contribution in [3.05, 3.63) is 34.6 Å². The van der Waals surface area contributed by atoms with E-state index in [9.17, 15) is 9.59 Å². The normalized spacial score (nSPS) is 18.6. The van der Waals surface area contributed by atoms with Gasteiger partial charge < -0.3 is 14.6 Å². The number of nitrogens with one attached hydrogen (secondary N) is 1. The summed E-state index contributed by atoms with van der Waals surface area (Å²) in [6.45, 7) is 6.80. The zero-order valence-corrected chi connectivity index (χ0v) is 14.2. The molecule has 1 aliphatic heterocycles. The Hall–Kier alpha value is -2.44. The number of ether oxygens (including phenoxy) is 1. The quantitative estimate of drug-likeness (QED) is 0.867. The van der Waals surface area contributed by atoms with Gasteiger partial charge in [-0.15, -0.1) is 0 Å². The Morgan fingerprint density at radius 1 is 1.38 bits per heavy atom. The molecule has 0 radical (unpaired) electrons. The average molecular weight is 330 g/mol. The Balaban J connectivity index is 1.81. The van der Waals surface area contributed by atoms with Gasteiger partial charge in [-0.05, 0) is 39.7 Å². The molecule has 0 aromatic carbocycles. The van der Waals surface area contributed by atoms with E-state index < -0.39 is 5.60 Å². The minimum Gasteiger partial charge on any atom is -0.444 e. The molecule has 3 rings (SSSR count). The second-order valence-corrected chi connectivity index (χ2v) is 7.12. The third-order valence-corrected chi connectivity index (χ3v) is 4.04. The lowest BCUT2D eigenvalue weighted by Gasteiger charge is -2.33. The van der Waals surface area contributed by atoms with Gasteiger partial charge in [-0.25, -0.2) is 9.78 Å². The third kappa shape index (κ3) is 3.55. The van der Waals surface area contributed by atoms with E-state index in [4.69, 9.17) is 4.74 Å². The van der Waals surface area contributed by atoms with Crippen LogP contribution >= 0.6 is 0 Å². The number of likely N-dealkylation sites (tertiary alicyclic amines) is 1. The van der Waals surface area contributed by atoms with E-state index in [0.717, 1.165) is 18.5 Å². The zero-order chi connectivity index (χ0) is 17.3. The molecular weight excluding hydrogens is 308 g/mol. The standard InChI is InChI=1S/C17H22N4O3/c1-17(2,3)24-16(23)21-6-4-5-11(9-21)13-7-12-14(8-18-13)19-10-20-15(12)22/h7-8,10-11H,4-6,9H2,1-3H3,(H,19,20,22). The topological polar surface area (TPSA) is 88.2 Å². The number of nitrogens with zero attached hydrogens (tertiary/aromatic N) is 3. The van der Waals surface area contributed by atoms with Gasteiger partial charge in [-0.3, -0.25) is 9.78 Å². The second kappa shape index (κ2) is 6.22. The van der Waals surface area contributed by atoms with Gasteiger partial charge in [0.1, 0.15) is 5.60 Å². The van der Waals surface area contributed by atoms with Crippen LogP contribution in [0, 0.1) is 0 Å². The molecule has 0 spiro atoms. The van der Waals surface area contributed by atoms with Crippen molar-refractivity contribution < 1.29 is 9.53 Å². The Morgan fingerprint density at radius 2 is 2.17 bits per heavy atom. The molecule has 1 amide bonds. The summed E-state index contributed by atoms with van der Waals surface area (Å²) >= 11 is 0. The van der Waals surface area contributed by atoms with Crippen LogP contribution in [0.3, 0.4) is 0 Å². The summed E-state index contributed by atoms with van der Waals surface area (Å²) < 4.78 is 5.45. The van der Waals surface area contributed by atoms with Gasteiger partial charge >= 0.3 is 6.09 Å². The Bertz CT molecular complexity index is 809. The van der Waals surface area contributed by atoms with Gasteiger partial charge in [0.25, 0.3) is 5.56 Å². The van der Waals surface area contributed by atoms with Crippen molar-refractivity contribution in [1.29, 1.82) is 0 Å². The number of carbonyl (C=O) groups excluding carboxylic acids is 1. The number of rotatable bonds is 1. The maximum absolute atomic E-state index is 12.3. The average Bonchev–Trinajstić information content (AvgIpc) is 2.53. The fourth-order valence-electron chi connectivity index (χ4n) is 2.92. The van der Waals surface area contributed by atoms with Crippen LogP contribution in [0.25, 0.3) is 10.9 Å². The van der Waals surface area contributed by atoms with Gasteiger partial charge in [-0.2, -0.15) is 0 Å². The first-order valence-corrected chi connectivity index (χ1v) is 8.15. The molecule has 0 bridgehead atoms. The molecule has 24 heavy (non-hydrogen) atoms. The maximum atomic E-state index is 12.3. The number of aromatic amines is 1. The van der Waals surface area contributed by atoms with Crippen LogP contribution in [-0.2, 0) is 4.74 Å². The highest BCUT2D eigenvalue weighted by Crippen LogP contribution is 2.27. The Labute approximate surface area is 140 Å². The summed E-state index contributed by atoms with van der Waals surface area (Å²) in [4.78, 5) is 37.1. The summed E-state index contributed by atoms with van der Waals surface area (Å²) in [5.74, 6) is 0.0928. The number of pyridine rings is 1. The van der Waals surface area contributed by atoms with Crippen molar-refractivity contribution in [2.75, 3.05) is 13.1 Å². The largest absolute Gasteiger partial charge is 0.444 e. The molecule has 0 aliphatic carbocycles.